The third-order valence-electron chi connectivity index (χ3n) is 8.36. The minimum Gasteiger partial charge on any atom is -0.507 e. The van der Waals surface area contributed by atoms with Crippen molar-refractivity contribution in [3.05, 3.63) is 82.9 Å². The summed E-state index contributed by atoms with van der Waals surface area (Å²) in [6.45, 7) is 2.15. The molecule has 43 heavy (non-hydrogen) atoms. The normalized spacial score (nSPS) is 15.9. The minimum absolute atomic E-state index is 0.0432. The lowest BCUT2D eigenvalue weighted by atomic mass is 9.72. The maximum absolute atomic E-state index is 13.3. The molecule has 3 atom stereocenters. The Morgan fingerprint density at radius 3 is 2.19 bits per heavy atom. The fourth-order valence-electron chi connectivity index (χ4n) is 6.19. The molecule has 1 aliphatic rings. The first-order valence-corrected chi connectivity index (χ1v) is 14.8. The smallest absolute Gasteiger partial charge is 0.167 e. The molecule has 0 heterocycles. The Kier molecular flexibility index (Phi) is 11.2. The van der Waals surface area contributed by atoms with Crippen LogP contribution in [0.5, 0.6) is 11.5 Å². The summed E-state index contributed by atoms with van der Waals surface area (Å²) in [6, 6.07) is 19.4. The van der Waals surface area contributed by atoms with Crippen molar-refractivity contribution >= 4 is 17.3 Å². The molecule has 0 amide bonds. The molecule has 3 unspecified atom stereocenters. The lowest BCUT2D eigenvalue weighted by Gasteiger charge is -2.31. The Bertz CT molecular complexity index is 1420. The van der Waals surface area contributed by atoms with Gasteiger partial charge in [0.1, 0.15) is 23.1 Å². The Morgan fingerprint density at radius 2 is 1.60 bits per heavy atom. The molecule has 4 rings (SSSR count). The van der Waals surface area contributed by atoms with Crippen LogP contribution in [-0.2, 0) is 29.1 Å². The lowest BCUT2D eigenvalue weighted by Crippen LogP contribution is -2.32. The summed E-state index contributed by atoms with van der Waals surface area (Å²) in [4.78, 5) is 37.6. The van der Waals surface area contributed by atoms with E-state index in [1.54, 1.807) is 13.2 Å². The van der Waals surface area contributed by atoms with E-state index < -0.39 is 12.5 Å². The highest BCUT2D eigenvalue weighted by molar-refractivity contribution is 6.03. The summed E-state index contributed by atoms with van der Waals surface area (Å²) < 4.78 is 5.21. The highest BCUT2D eigenvalue weighted by Gasteiger charge is 2.35. The van der Waals surface area contributed by atoms with Crippen LogP contribution >= 0.6 is 0 Å². The van der Waals surface area contributed by atoms with Gasteiger partial charge in [-0.1, -0.05) is 42.5 Å². The number of aliphatic hydroxyl groups is 2. The first kappa shape index (κ1) is 32.1. The largest absolute Gasteiger partial charge is 0.507 e. The molecule has 3 aromatic carbocycles. The average molecular weight is 588 g/mol. The third kappa shape index (κ3) is 8.16. The molecule has 0 saturated carbocycles. The first-order valence-electron chi connectivity index (χ1n) is 14.8. The van der Waals surface area contributed by atoms with Crippen LogP contribution in [0.2, 0.25) is 0 Å². The molecule has 0 bridgehead atoms. The van der Waals surface area contributed by atoms with E-state index in [0.717, 1.165) is 40.1 Å². The SMILES string of the molecule is COc1ccc(CNCc2ccc(-c3ccc(O)c4c3CC(CC(CCO)C(CO)C(=O)CC(C)=O)CC4=O)cc2)cc1. The van der Waals surface area contributed by atoms with Crippen molar-refractivity contribution in [1.29, 1.82) is 0 Å². The van der Waals surface area contributed by atoms with Crippen molar-refractivity contribution in [2.24, 2.45) is 17.8 Å². The number of carbonyl (C=O) groups is 3. The fourth-order valence-corrected chi connectivity index (χ4v) is 6.19. The van der Waals surface area contributed by atoms with Gasteiger partial charge in [0.2, 0.25) is 0 Å². The Labute approximate surface area is 252 Å². The van der Waals surface area contributed by atoms with Crippen LogP contribution in [0.4, 0.5) is 0 Å². The van der Waals surface area contributed by atoms with E-state index in [9.17, 15) is 29.7 Å². The number of aromatic hydroxyl groups is 1. The standard InChI is InChI=1S/C35H41NO7/c1-22(39)15-33(41)31(21-38)27(13-14-37)16-25-17-30-29(11-12-32(40)35(30)34(42)18-25)26-7-3-23(4-8-26)19-36-20-24-5-9-28(43-2)10-6-24/h3-12,25,27,31,36-38,40H,13-21H2,1-2H3. The van der Waals surface area contributed by atoms with Gasteiger partial charge in [-0.05, 0) is 84.0 Å². The van der Waals surface area contributed by atoms with E-state index >= 15 is 0 Å². The van der Waals surface area contributed by atoms with Gasteiger partial charge in [0, 0.05) is 32.0 Å². The van der Waals surface area contributed by atoms with Crippen molar-refractivity contribution in [3.63, 3.8) is 0 Å². The van der Waals surface area contributed by atoms with Crippen LogP contribution in [-0.4, -0.2) is 53.0 Å². The summed E-state index contributed by atoms with van der Waals surface area (Å²) >= 11 is 0. The molecule has 0 saturated heterocycles. The number of hydrogen-bond acceptors (Lipinski definition) is 8. The number of carbonyl (C=O) groups excluding carboxylic acids is 3. The summed E-state index contributed by atoms with van der Waals surface area (Å²) in [7, 11) is 1.65. The van der Waals surface area contributed by atoms with Gasteiger partial charge in [-0.15, -0.1) is 0 Å². The molecule has 0 aromatic heterocycles. The number of methoxy groups -OCH3 is 1. The number of ether oxygens (including phenoxy) is 1. The summed E-state index contributed by atoms with van der Waals surface area (Å²) in [5.41, 5.74) is 5.17. The van der Waals surface area contributed by atoms with Crippen molar-refractivity contribution in [2.75, 3.05) is 20.3 Å². The second-order valence-electron chi connectivity index (χ2n) is 11.5. The van der Waals surface area contributed by atoms with Crippen LogP contribution in [0.15, 0.2) is 60.7 Å². The number of rotatable bonds is 15. The van der Waals surface area contributed by atoms with Crippen LogP contribution in [0, 0.1) is 17.8 Å². The number of ketones is 3. The number of fused-ring (bicyclic) bond motifs is 1. The monoisotopic (exact) mass is 587 g/mol. The number of phenolic OH excluding ortho intramolecular Hbond substituents is 1. The number of Topliss-reactive ketones (excluding diaryl/α,β-unsaturated/α-hetero) is 3. The zero-order valence-electron chi connectivity index (χ0n) is 24.8. The zero-order chi connectivity index (χ0) is 30.9. The predicted molar refractivity (Wildman–Crippen MR) is 164 cm³/mol. The van der Waals surface area contributed by atoms with E-state index in [4.69, 9.17) is 4.74 Å². The molecule has 3 aromatic rings. The van der Waals surface area contributed by atoms with Gasteiger partial charge in [-0.25, -0.2) is 0 Å². The van der Waals surface area contributed by atoms with Gasteiger partial charge in [0.15, 0.2) is 5.78 Å². The molecule has 8 nitrogen and oxygen atoms in total. The molecule has 0 spiro atoms. The minimum atomic E-state index is -0.776. The topological polar surface area (TPSA) is 133 Å². The van der Waals surface area contributed by atoms with Gasteiger partial charge < -0.3 is 25.4 Å². The highest BCUT2D eigenvalue weighted by atomic mass is 16.5. The van der Waals surface area contributed by atoms with Crippen molar-refractivity contribution in [3.8, 4) is 22.6 Å². The number of aliphatic hydroxyl groups excluding tert-OH is 2. The summed E-state index contributed by atoms with van der Waals surface area (Å²) in [5.74, 6) is -1.28. The fraction of sp³-hybridized carbons (Fsp3) is 0.400. The van der Waals surface area contributed by atoms with E-state index in [2.05, 4.69) is 5.32 Å². The number of hydrogen-bond donors (Lipinski definition) is 4. The number of phenols is 1. The van der Waals surface area contributed by atoms with Gasteiger partial charge in [-0.3, -0.25) is 14.4 Å². The van der Waals surface area contributed by atoms with E-state index in [1.807, 2.05) is 54.6 Å². The second kappa shape index (κ2) is 15.0. The van der Waals surface area contributed by atoms with Crippen LogP contribution < -0.4 is 10.1 Å². The molecule has 8 heteroatoms. The summed E-state index contributed by atoms with van der Waals surface area (Å²) in [5, 5.41) is 33.8. The molecule has 1 aliphatic carbocycles. The highest BCUT2D eigenvalue weighted by Crippen LogP contribution is 2.41. The maximum Gasteiger partial charge on any atom is 0.167 e. The van der Waals surface area contributed by atoms with Crippen LogP contribution in [0.25, 0.3) is 11.1 Å². The zero-order valence-corrected chi connectivity index (χ0v) is 24.8. The average Bonchev–Trinajstić information content (AvgIpc) is 2.98. The molecular weight excluding hydrogens is 546 g/mol. The van der Waals surface area contributed by atoms with E-state index in [1.165, 1.54) is 6.92 Å². The Morgan fingerprint density at radius 1 is 0.953 bits per heavy atom. The van der Waals surface area contributed by atoms with Crippen molar-refractivity contribution in [1.82, 2.24) is 5.32 Å². The van der Waals surface area contributed by atoms with Gasteiger partial charge >= 0.3 is 0 Å². The number of nitrogens with one attached hydrogen (secondary N) is 1. The molecule has 228 valence electrons. The summed E-state index contributed by atoms with van der Waals surface area (Å²) in [6.07, 6.45) is 1.17. The second-order valence-corrected chi connectivity index (χ2v) is 11.5. The maximum atomic E-state index is 13.3. The lowest BCUT2D eigenvalue weighted by molar-refractivity contribution is -0.131. The van der Waals surface area contributed by atoms with Crippen molar-refractivity contribution < 1.29 is 34.4 Å². The van der Waals surface area contributed by atoms with Crippen LogP contribution in [0.3, 0.4) is 0 Å². The Hall–Kier alpha value is -3.85. The van der Waals surface area contributed by atoms with E-state index in [-0.39, 0.29) is 60.8 Å². The quantitative estimate of drug-likeness (QED) is 0.189. The molecule has 4 N–H and O–H groups in total. The van der Waals surface area contributed by atoms with E-state index in [0.29, 0.717) is 24.9 Å². The van der Waals surface area contributed by atoms with Crippen LogP contribution in [0.1, 0.15) is 59.7 Å². The Balaban J connectivity index is 1.49. The van der Waals surface area contributed by atoms with Gasteiger partial charge in [0.05, 0.1) is 25.7 Å². The third-order valence-corrected chi connectivity index (χ3v) is 8.36. The van der Waals surface area contributed by atoms with Gasteiger partial charge in [-0.2, -0.15) is 0 Å². The molecule has 0 aliphatic heterocycles. The molecule has 0 fully saturated rings. The first-order chi connectivity index (χ1) is 20.7. The number of benzene rings is 3. The van der Waals surface area contributed by atoms with Gasteiger partial charge in [0.25, 0.3) is 0 Å². The predicted octanol–water partition coefficient (Wildman–Crippen LogP) is 4.65. The molecular formula is C35H41NO7. The molecule has 0 radical (unpaired) electrons. The van der Waals surface area contributed by atoms with Crippen molar-refractivity contribution in [2.45, 2.75) is 52.1 Å².